The number of anilines is 1. The SMILES string of the molecule is CC(=O)Nc1ccc(C(=O)NN2CCC(=O)N3CCCC(C(=O)NC(C=O)CC(=O)O)N3C2=O)cc1. The van der Waals surface area contributed by atoms with Crippen LogP contribution >= 0.6 is 0 Å². The van der Waals surface area contributed by atoms with E-state index in [1.807, 2.05) is 0 Å². The number of rotatable bonds is 8. The second-order valence-corrected chi connectivity index (χ2v) is 8.25. The molecule has 0 saturated carbocycles. The second-order valence-electron chi connectivity index (χ2n) is 8.25. The van der Waals surface area contributed by atoms with Gasteiger partial charge in [0, 0.05) is 31.1 Å². The number of aldehydes is 1. The Kier molecular flexibility index (Phi) is 8.19. The molecule has 2 aliphatic rings. The van der Waals surface area contributed by atoms with Crippen LogP contribution in [0, 0.1) is 0 Å². The van der Waals surface area contributed by atoms with Gasteiger partial charge in [-0.1, -0.05) is 0 Å². The van der Waals surface area contributed by atoms with E-state index < -0.39 is 48.2 Å². The summed E-state index contributed by atoms with van der Waals surface area (Å²) in [7, 11) is 0. The van der Waals surface area contributed by atoms with Gasteiger partial charge in [-0.3, -0.25) is 29.4 Å². The molecular weight excluding hydrogens is 476 g/mol. The van der Waals surface area contributed by atoms with Crippen LogP contribution in [0.5, 0.6) is 0 Å². The fourth-order valence-electron chi connectivity index (χ4n) is 3.91. The van der Waals surface area contributed by atoms with Gasteiger partial charge in [-0.15, -0.1) is 0 Å². The molecule has 6 amide bonds. The first-order valence-corrected chi connectivity index (χ1v) is 11.2. The summed E-state index contributed by atoms with van der Waals surface area (Å²) in [6.45, 7) is 1.37. The number of carboxylic acid groups (broad SMARTS) is 1. The average molecular weight is 502 g/mol. The molecule has 0 aliphatic carbocycles. The zero-order valence-electron chi connectivity index (χ0n) is 19.4. The number of fused-ring (bicyclic) bond motifs is 1. The number of urea groups is 1. The topological polar surface area (TPSA) is 186 Å². The molecule has 2 aliphatic heterocycles. The highest BCUT2D eigenvalue weighted by atomic mass is 16.4. The zero-order chi connectivity index (χ0) is 26.4. The fourth-order valence-corrected chi connectivity index (χ4v) is 3.91. The normalized spacial score (nSPS) is 18.5. The number of aliphatic carboxylic acids is 1. The van der Waals surface area contributed by atoms with Crippen LogP contribution in [0.25, 0.3) is 0 Å². The Bertz CT molecular complexity index is 1070. The lowest BCUT2D eigenvalue weighted by molar-refractivity contribution is -0.155. The van der Waals surface area contributed by atoms with Gasteiger partial charge in [0.25, 0.3) is 5.91 Å². The molecule has 0 aromatic heterocycles. The highest BCUT2D eigenvalue weighted by molar-refractivity contribution is 5.97. The third-order valence-electron chi connectivity index (χ3n) is 5.56. The monoisotopic (exact) mass is 502 g/mol. The van der Waals surface area contributed by atoms with Crippen molar-refractivity contribution in [1.82, 2.24) is 25.8 Å². The van der Waals surface area contributed by atoms with E-state index in [0.29, 0.717) is 12.1 Å². The fraction of sp³-hybridized carbons (Fsp3) is 0.409. The van der Waals surface area contributed by atoms with Gasteiger partial charge in [-0.2, -0.15) is 0 Å². The summed E-state index contributed by atoms with van der Waals surface area (Å²) >= 11 is 0. The van der Waals surface area contributed by atoms with E-state index in [1.165, 1.54) is 31.2 Å². The number of nitrogens with zero attached hydrogens (tertiary/aromatic N) is 3. The van der Waals surface area contributed by atoms with Crippen LogP contribution in [0.2, 0.25) is 0 Å². The van der Waals surface area contributed by atoms with Gasteiger partial charge in [-0.25, -0.2) is 19.8 Å². The Morgan fingerprint density at radius 3 is 2.44 bits per heavy atom. The zero-order valence-corrected chi connectivity index (χ0v) is 19.4. The predicted octanol–water partition coefficient (Wildman–Crippen LogP) is -0.518. The van der Waals surface area contributed by atoms with Crippen molar-refractivity contribution in [3.63, 3.8) is 0 Å². The minimum absolute atomic E-state index is 0.117. The molecule has 2 fully saturated rings. The standard InChI is InChI=1S/C22H26N6O8/c1-13(30)23-15-6-4-14(5-7-15)20(34)25-26-10-8-18(31)27-9-2-3-17(28(27)22(26)36)21(35)24-16(12-29)11-19(32)33/h4-7,12,16-17H,2-3,8-11H2,1H3,(H,23,30)(H,24,35)(H,25,34)(H,32,33). The smallest absolute Gasteiger partial charge is 0.358 e. The van der Waals surface area contributed by atoms with Crippen LogP contribution in [-0.2, 0) is 24.0 Å². The summed E-state index contributed by atoms with van der Waals surface area (Å²) < 4.78 is 0. The van der Waals surface area contributed by atoms with Gasteiger partial charge in [-0.05, 0) is 37.1 Å². The van der Waals surface area contributed by atoms with E-state index in [1.54, 1.807) is 0 Å². The van der Waals surface area contributed by atoms with Crippen molar-refractivity contribution in [1.29, 1.82) is 0 Å². The number of nitrogens with one attached hydrogen (secondary N) is 3. The first kappa shape index (κ1) is 26.1. The highest BCUT2D eigenvalue weighted by Gasteiger charge is 2.44. The van der Waals surface area contributed by atoms with Crippen LogP contribution < -0.4 is 16.1 Å². The lowest BCUT2D eigenvalue weighted by atomic mass is 10.1. The van der Waals surface area contributed by atoms with Crippen molar-refractivity contribution in [3.05, 3.63) is 29.8 Å². The molecule has 4 N–H and O–H groups in total. The summed E-state index contributed by atoms with van der Waals surface area (Å²) in [4.78, 5) is 85.0. The van der Waals surface area contributed by atoms with Gasteiger partial charge in [0.2, 0.25) is 17.7 Å². The van der Waals surface area contributed by atoms with Gasteiger partial charge < -0.3 is 20.5 Å². The number of amides is 6. The molecule has 14 heteroatoms. The van der Waals surface area contributed by atoms with Crippen molar-refractivity contribution in [2.45, 2.75) is 44.7 Å². The maximum atomic E-state index is 13.4. The molecule has 0 bridgehead atoms. The van der Waals surface area contributed by atoms with Crippen LogP contribution in [0.4, 0.5) is 10.5 Å². The maximum absolute atomic E-state index is 13.4. The minimum atomic E-state index is -1.31. The number of hydrogen-bond acceptors (Lipinski definition) is 7. The molecule has 2 atom stereocenters. The van der Waals surface area contributed by atoms with Gasteiger partial charge in [0.05, 0.1) is 19.0 Å². The van der Waals surface area contributed by atoms with E-state index in [0.717, 1.165) is 15.0 Å². The quantitative estimate of drug-likeness (QED) is 0.342. The lowest BCUT2D eigenvalue weighted by Gasteiger charge is -2.42. The molecule has 2 heterocycles. The van der Waals surface area contributed by atoms with E-state index in [-0.39, 0.29) is 43.7 Å². The first-order chi connectivity index (χ1) is 17.1. The van der Waals surface area contributed by atoms with E-state index in [2.05, 4.69) is 16.1 Å². The highest BCUT2D eigenvalue weighted by Crippen LogP contribution is 2.24. The Hall–Kier alpha value is -4.49. The molecule has 0 spiro atoms. The Balaban J connectivity index is 1.77. The molecule has 14 nitrogen and oxygen atoms in total. The van der Waals surface area contributed by atoms with Crippen LogP contribution in [0.1, 0.15) is 43.0 Å². The molecular formula is C22H26N6O8. The molecule has 0 radical (unpaired) electrons. The second kappa shape index (κ2) is 11.3. The molecule has 1 aromatic rings. The molecule has 1 aromatic carbocycles. The molecule has 2 unspecified atom stereocenters. The number of carbonyl (C=O) groups excluding carboxylic acids is 6. The predicted molar refractivity (Wildman–Crippen MR) is 122 cm³/mol. The average Bonchev–Trinajstić information content (AvgIpc) is 2.95. The summed E-state index contributed by atoms with van der Waals surface area (Å²) in [5.74, 6) is -3.45. The summed E-state index contributed by atoms with van der Waals surface area (Å²) in [5.41, 5.74) is 3.10. The number of benzene rings is 1. The van der Waals surface area contributed by atoms with Crippen molar-refractivity contribution in [2.24, 2.45) is 0 Å². The Morgan fingerprint density at radius 2 is 1.83 bits per heavy atom. The van der Waals surface area contributed by atoms with Crippen LogP contribution in [-0.4, -0.2) is 87.2 Å². The van der Waals surface area contributed by atoms with Crippen molar-refractivity contribution >= 4 is 47.6 Å². The number of hydrogen-bond donors (Lipinski definition) is 4. The first-order valence-electron chi connectivity index (χ1n) is 11.2. The van der Waals surface area contributed by atoms with E-state index in [9.17, 15) is 33.6 Å². The number of carbonyl (C=O) groups is 7. The largest absolute Gasteiger partial charge is 0.481 e. The lowest BCUT2D eigenvalue weighted by Crippen LogP contribution is -2.64. The van der Waals surface area contributed by atoms with Crippen LogP contribution in [0.15, 0.2) is 24.3 Å². The molecule has 192 valence electrons. The van der Waals surface area contributed by atoms with Crippen molar-refractivity contribution in [3.8, 4) is 0 Å². The maximum Gasteiger partial charge on any atom is 0.358 e. The number of carboxylic acids is 1. The molecule has 2 saturated heterocycles. The van der Waals surface area contributed by atoms with Gasteiger partial charge >= 0.3 is 12.0 Å². The Morgan fingerprint density at radius 1 is 1.14 bits per heavy atom. The summed E-state index contributed by atoms with van der Waals surface area (Å²) in [6.07, 6.45) is 0.0826. The van der Waals surface area contributed by atoms with E-state index >= 15 is 0 Å². The summed E-state index contributed by atoms with van der Waals surface area (Å²) in [6, 6.07) is 2.58. The van der Waals surface area contributed by atoms with Crippen molar-refractivity contribution < 1.29 is 38.7 Å². The molecule has 3 rings (SSSR count). The van der Waals surface area contributed by atoms with Crippen LogP contribution in [0.3, 0.4) is 0 Å². The van der Waals surface area contributed by atoms with E-state index in [4.69, 9.17) is 5.11 Å². The Labute approximate surface area is 205 Å². The molecule has 36 heavy (non-hydrogen) atoms. The van der Waals surface area contributed by atoms with Gasteiger partial charge in [0.1, 0.15) is 12.3 Å². The minimum Gasteiger partial charge on any atom is -0.481 e. The third kappa shape index (κ3) is 6.14. The van der Waals surface area contributed by atoms with Crippen molar-refractivity contribution in [2.75, 3.05) is 18.4 Å². The van der Waals surface area contributed by atoms with Gasteiger partial charge in [0.15, 0.2) is 0 Å². The number of hydrazine groups is 2. The third-order valence-corrected chi connectivity index (χ3v) is 5.56. The summed E-state index contributed by atoms with van der Waals surface area (Å²) in [5, 5.41) is 16.8.